The van der Waals surface area contributed by atoms with Gasteiger partial charge in [-0.25, -0.2) is 4.98 Å². The van der Waals surface area contributed by atoms with Crippen molar-refractivity contribution in [3.63, 3.8) is 0 Å². The Kier molecular flexibility index (Phi) is 6.26. The summed E-state index contributed by atoms with van der Waals surface area (Å²) in [6, 6.07) is 9.13. The molecular weight excluding hydrogens is 344 g/mol. The fraction of sp³-hybridized carbons (Fsp3) is 0.400. The number of nitrogen functional groups attached to an aromatic ring is 1. The molecule has 1 unspecified atom stereocenters. The molecule has 0 spiro atoms. The zero-order valence-electron chi connectivity index (χ0n) is 15.8. The van der Waals surface area contributed by atoms with Crippen LogP contribution in [-0.2, 0) is 9.47 Å². The highest BCUT2D eigenvalue weighted by Crippen LogP contribution is 2.25. The average molecular weight is 370 g/mol. The van der Waals surface area contributed by atoms with Gasteiger partial charge in [0.05, 0.1) is 25.5 Å². The van der Waals surface area contributed by atoms with Crippen molar-refractivity contribution >= 4 is 17.2 Å². The molecule has 3 rings (SSSR count). The van der Waals surface area contributed by atoms with E-state index in [0.29, 0.717) is 42.5 Å². The van der Waals surface area contributed by atoms with E-state index in [2.05, 4.69) is 9.88 Å². The standard InChI is InChI=1S/C20H26N4O3/c1-14(13-25-2)27-16-3-4-18(21)17(12-16)20(22)15-5-6-23-19(11-15)24-7-9-26-10-8-24/h3-6,11-12,14,22H,7-10,13,21H2,1-2H3. The molecule has 1 fully saturated rings. The summed E-state index contributed by atoms with van der Waals surface area (Å²) in [6.07, 6.45) is 1.64. The van der Waals surface area contributed by atoms with Crippen LogP contribution < -0.4 is 15.4 Å². The maximum Gasteiger partial charge on any atom is 0.129 e. The molecule has 1 aromatic carbocycles. The molecule has 0 radical (unpaired) electrons. The molecule has 2 aromatic rings. The Balaban J connectivity index is 1.82. The number of ether oxygens (including phenoxy) is 3. The Labute approximate surface area is 159 Å². The first-order valence-corrected chi connectivity index (χ1v) is 9.01. The summed E-state index contributed by atoms with van der Waals surface area (Å²) in [5.74, 6) is 1.51. The highest BCUT2D eigenvalue weighted by molar-refractivity contribution is 6.14. The van der Waals surface area contributed by atoms with Gasteiger partial charge in [-0.05, 0) is 37.3 Å². The molecular formula is C20H26N4O3. The van der Waals surface area contributed by atoms with Crippen LogP contribution in [-0.4, -0.2) is 56.8 Å². The first-order valence-electron chi connectivity index (χ1n) is 9.01. The van der Waals surface area contributed by atoms with E-state index in [4.69, 9.17) is 25.4 Å². The topological polar surface area (TPSA) is 93.7 Å². The number of benzene rings is 1. The maximum atomic E-state index is 8.65. The van der Waals surface area contributed by atoms with Gasteiger partial charge in [-0.2, -0.15) is 0 Å². The summed E-state index contributed by atoms with van der Waals surface area (Å²) in [7, 11) is 1.64. The lowest BCUT2D eigenvalue weighted by molar-refractivity contribution is 0.0921. The largest absolute Gasteiger partial charge is 0.488 e. The van der Waals surface area contributed by atoms with E-state index in [-0.39, 0.29) is 6.10 Å². The van der Waals surface area contributed by atoms with Crippen LogP contribution in [0.3, 0.4) is 0 Å². The summed E-state index contributed by atoms with van der Waals surface area (Å²) in [5.41, 5.74) is 8.41. The van der Waals surface area contributed by atoms with Crippen molar-refractivity contribution in [3.05, 3.63) is 47.7 Å². The van der Waals surface area contributed by atoms with Crippen molar-refractivity contribution in [3.8, 4) is 5.75 Å². The summed E-state index contributed by atoms with van der Waals surface area (Å²) in [5, 5.41) is 8.65. The minimum absolute atomic E-state index is 0.0884. The van der Waals surface area contributed by atoms with E-state index in [0.717, 1.165) is 24.5 Å². The maximum absolute atomic E-state index is 8.65. The van der Waals surface area contributed by atoms with E-state index >= 15 is 0 Å². The van der Waals surface area contributed by atoms with Gasteiger partial charge < -0.3 is 24.8 Å². The van der Waals surface area contributed by atoms with E-state index in [1.54, 1.807) is 25.4 Å². The second kappa shape index (κ2) is 8.83. The number of hydrogen-bond donors (Lipinski definition) is 2. The van der Waals surface area contributed by atoms with Crippen LogP contribution in [0, 0.1) is 5.41 Å². The van der Waals surface area contributed by atoms with E-state index in [1.165, 1.54) is 0 Å². The van der Waals surface area contributed by atoms with Crippen LogP contribution in [0.15, 0.2) is 36.5 Å². The number of rotatable bonds is 7. The molecule has 1 atom stereocenters. The van der Waals surface area contributed by atoms with E-state index < -0.39 is 0 Å². The smallest absolute Gasteiger partial charge is 0.129 e. The molecule has 0 saturated carbocycles. The summed E-state index contributed by atoms with van der Waals surface area (Å²) < 4.78 is 16.3. The van der Waals surface area contributed by atoms with Crippen LogP contribution >= 0.6 is 0 Å². The van der Waals surface area contributed by atoms with Crippen molar-refractivity contribution in [1.29, 1.82) is 5.41 Å². The Hall–Kier alpha value is -2.64. The molecule has 1 saturated heterocycles. The lowest BCUT2D eigenvalue weighted by Gasteiger charge is -2.28. The number of anilines is 2. The van der Waals surface area contributed by atoms with Crippen LogP contribution in [0.2, 0.25) is 0 Å². The molecule has 144 valence electrons. The Morgan fingerprint density at radius 2 is 2.07 bits per heavy atom. The lowest BCUT2D eigenvalue weighted by Crippen LogP contribution is -2.36. The fourth-order valence-corrected chi connectivity index (χ4v) is 3.02. The SMILES string of the molecule is COCC(C)Oc1ccc(N)c(C(=N)c2ccnc(N3CCOCC3)c2)c1. The van der Waals surface area contributed by atoms with E-state index in [1.807, 2.05) is 25.1 Å². The second-order valence-electron chi connectivity index (χ2n) is 6.51. The van der Waals surface area contributed by atoms with Gasteiger partial charge >= 0.3 is 0 Å². The van der Waals surface area contributed by atoms with Gasteiger partial charge in [-0.3, -0.25) is 5.41 Å². The number of aromatic nitrogens is 1. The molecule has 3 N–H and O–H groups in total. The van der Waals surface area contributed by atoms with Crippen molar-refractivity contribution in [2.45, 2.75) is 13.0 Å². The Morgan fingerprint density at radius 1 is 1.30 bits per heavy atom. The molecule has 27 heavy (non-hydrogen) atoms. The normalized spacial score (nSPS) is 15.4. The van der Waals surface area contributed by atoms with Crippen LogP contribution in [0.5, 0.6) is 5.75 Å². The van der Waals surface area contributed by atoms with Gasteiger partial charge in [0.1, 0.15) is 17.7 Å². The fourth-order valence-electron chi connectivity index (χ4n) is 3.02. The first-order chi connectivity index (χ1) is 13.1. The zero-order chi connectivity index (χ0) is 19.2. The number of hydrogen-bond acceptors (Lipinski definition) is 7. The van der Waals surface area contributed by atoms with Gasteiger partial charge in [-0.15, -0.1) is 0 Å². The highest BCUT2D eigenvalue weighted by Gasteiger charge is 2.16. The van der Waals surface area contributed by atoms with Crippen molar-refractivity contribution in [1.82, 2.24) is 4.98 Å². The predicted molar refractivity (Wildman–Crippen MR) is 106 cm³/mol. The third kappa shape index (κ3) is 4.75. The summed E-state index contributed by atoms with van der Waals surface area (Å²) in [6.45, 7) is 5.40. The molecule has 0 bridgehead atoms. The van der Waals surface area contributed by atoms with Crippen molar-refractivity contribution < 1.29 is 14.2 Å². The van der Waals surface area contributed by atoms with Gasteiger partial charge in [0.2, 0.25) is 0 Å². The minimum atomic E-state index is -0.0884. The molecule has 1 aliphatic heterocycles. The van der Waals surface area contributed by atoms with Gasteiger partial charge in [0, 0.05) is 43.2 Å². The minimum Gasteiger partial charge on any atom is -0.488 e. The van der Waals surface area contributed by atoms with Gasteiger partial charge in [-0.1, -0.05) is 0 Å². The summed E-state index contributed by atoms with van der Waals surface area (Å²) >= 11 is 0. The lowest BCUT2D eigenvalue weighted by atomic mass is 10.0. The average Bonchev–Trinajstić information content (AvgIpc) is 2.70. The Bertz CT molecular complexity index is 791. The quantitative estimate of drug-likeness (QED) is 0.574. The third-order valence-electron chi connectivity index (χ3n) is 4.40. The molecule has 0 amide bonds. The predicted octanol–water partition coefficient (Wildman–Crippen LogP) is 2.33. The number of morpholine rings is 1. The molecule has 7 nitrogen and oxygen atoms in total. The van der Waals surface area contributed by atoms with Crippen LogP contribution in [0.4, 0.5) is 11.5 Å². The zero-order valence-corrected chi connectivity index (χ0v) is 15.8. The number of pyridine rings is 1. The molecule has 7 heteroatoms. The van der Waals surface area contributed by atoms with Gasteiger partial charge in [0.15, 0.2) is 0 Å². The molecule has 2 heterocycles. The number of nitrogens with two attached hydrogens (primary N) is 1. The third-order valence-corrected chi connectivity index (χ3v) is 4.40. The highest BCUT2D eigenvalue weighted by atomic mass is 16.5. The second-order valence-corrected chi connectivity index (χ2v) is 6.51. The van der Waals surface area contributed by atoms with Crippen molar-refractivity contribution in [2.75, 3.05) is 50.7 Å². The molecule has 1 aliphatic rings. The molecule has 0 aliphatic carbocycles. The number of nitrogens with one attached hydrogen (secondary N) is 1. The first kappa shape index (κ1) is 19.1. The monoisotopic (exact) mass is 370 g/mol. The number of nitrogens with zero attached hydrogens (tertiary/aromatic N) is 2. The van der Waals surface area contributed by atoms with Gasteiger partial charge in [0.25, 0.3) is 0 Å². The van der Waals surface area contributed by atoms with E-state index in [9.17, 15) is 0 Å². The van der Waals surface area contributed by atoms with Crippen molar-refractivity contribution in [2.24, 2.45) is 0 Å². The summed E-state index contributed by atoms with van der Waals surface area (Å²) in [4.78, 5) is 6.61. The van der Waals surface area contributed by atoms with Crippen LogP contribution in [0.25, 0.3) is 0 Å². The molecule has 1 aromatic heterocycles. The Morgan fingerprint density at radius 3 is 2.81 bits per heavy atom. The number of methoxy groups -OCH3 is 1. The van der Waals surface area contributed by atoms with Crippen LogP contribution in [0.1, 0.15) is 18.1 Å².